The number of hydrogen-bond acceptors (Lipinski definition) is 4. The molecule has 0 aliphatic heterocycles. The van der Waals surface area contributed by atoms with E-state index in [0.717, 1.165) is 5.69 Å². The molecular formula is C14H18N2O2. The summed E-state index contributed by atoms with van der Waals surface area (Å²) in [7, 11) is 1.40. The Morgan fingerprint density at radius 1 is 1.39 bits per heavy atom. The number of methoxy groups -OCH3 is 1. The molecule has 4 heteroatoms. The molecule has 96 valence electrons. The Bertz CT molecular complexity index is 432. The SMILES string of the molecule is COC(=O)C(CNc1ccc(C#N)cc1)C(C)C. The van der Waals surface area contributed by atoms with Gasteiger partial charge in [-0.2, -0.15) is 5.26 Å². The molecule has 0 heterocycles. The number of rotatable bonds is 5. The van der Waals surface area contributed by atoms with Crippen molar-refractivity contribution < 1.29 is 9.53 Å². The van der Waals surface area contributed by atoms with E-state index in [2.05, 4.69) is 11.4 Å². The smallest absolute Gasteiger partial charge is 0.310 e. The predicted octanol–water partition coefficient (Wildman–Crippen LogP) is 2.42. The van der Waals surface area contributed by atoms with Crippen LogP contribution in [0.5, 0.6) is 0 Å². The fourth-order valence-electron chi connectivity index (χ4n) is 1.63. The van der Waals surface area contributed by atoms with Gasteiger partial charge in [0, 0.05) is 12.2 Å². The van der Waals surface area contributed by atoms with E-state index in [1.54, 1.807) is 12.1 Å². The summed E-state index contributed by atoms with van der Waals surface area (Å²) in [4.78, 5) is 11.6. The molecule has 18 heavy (non-hydrogen) atoms. The molecule has 0 saturated carbocycles. The van der Waals surface area contributed by atoms with Crippen LogP contribution in [0.25, 0.3) is 0 Å². The van der Waals surface area contributed by atoms with Gasteiger partial charge < -0.3 is 10.1 Å². The van der Waals surface area contributed by atoms with Crippen molar-refractivity contribution in [1.82, 2.24) is 0 Å². The summed E-state index contributed by atoms with van der Waals surface area (Å²) in [6.07, 6.45) is 0. The van der Waals surface area contributed by atoms with Crippen LogP contribution in [0.4, 0.5) is 5.69 Å². The summed E-state index contributed by atoms with van der Waals surface area (Å²) in [5.74, 6) is -0.167. The lowest BCUT2D eigenvalue weighted by Gasteiger charge is -2.19. The van der Waals surface area contributed by atoms with Gasteiger partial charge in [-0.15, -0.1) is 0 Å². The highest BCUT2D eigenvalue weighted by molar-refractivity contribution is 5.73. The van der Waals surface area contributed by atoms with Crippen LogP contribution in [0, 0.1) is 23.2 Å². The summed E-state index contributed by atoms with van der Waals surface area (Å²) in [5, 5.41) is 11.9. The second kappa shape index (κ2) is 6.65. The summed E-state index contributed by atoms with van der Waals surface area (Å²) < 4.78 is 4.78. The van der Waals surface area contributed by atoms with E-state index in [9.17, 15) is 4.79 Å². The summed E-state index contributed by atoms with van der Waals surface area (Å²) in [5.41, 5.74) is 1.51. The fraction of sp³-hybridized carbons (Fsp3) is 0.429. The maximum Gasteiger partial charge on any atom is 0.310 e. The standard InChI is InChI=1S/C14H18N2O2/c1-10(2)13(14(17)18-3)9-16-12-6-4-11(8-15)5-7-12/h4-7,10,13,16H,9H2,1-3H3. The molecule has 0 bridgehead atoms. The van der Waals surface area contributed by atoms with Crippen molar-refractivity contribution in [2.24, 2.45) is 11.8 Å². The first kappa shape index (κ1) is 14.0. The second-order valence-corrected chi connectivity index (χ2v) is 4.44. The lowest BCUT2D eigenvalue weighted by molar-refractivity contribution is -0.146. The maximum atomic E-state index is 11.6. The number of esters is 1. The second-order valence-electron chi connectivity index (χ2n) is 4.44. The zero-order valence-corrected chi connectivity index (χ0v) is 10.9. The van der Waals surface area contributed by atoms with Gasteiger partial charge in [0.15, 0.2) is 0 Å². The summed E-state index contributed by atoms with van der Waals surface area (Å²) in [6, 6.07) is 9.20. The third kappa shape index (κ3) is 3.77. The Labute approximate surface area is 108 Å². The van der Waals surface area contributed by atoms with E-state index < -0.39 is 0 Å². The Kier molecular flexibility index (Phi) is 5.19. The monoisotopic (exact) mass is 246 g/mol. The fourth-order valence-corrected chi connectivity index (χ4v) is 1.63. The van der Waals surface area contributed by atoms with Crippen molar-refractivity contribution in [2.75, 3.05) is 19.0 Å². The average molecular weight is 246 g/mol. The Balaban J connectivity index is 2.61. The molecule has 1 rings (SSSR count). The van der Waals surface area contributed by atoms with E-state index in [4.69, 9.17) is 10.00 Å². The van der Waals surface area contributed by atoms with Gasteiger partial charge in [-0.25, -0.2) is 0 Å². The molecule has 0 aromatic heterocycles. The molecule has 0 spiro atoms. The molecule has 0 aliphatic carbocycles. The summed E-state index contributed by atoms with van der Waals surface area (Å²) >= 11 is 0. The zero-order chi connectivity index (χ0) is 13.5. The van der Waals surface area contributed by atoms with Crippen LogP contribution < -0.4 is 5.32 Å². The largest absolute Gasteiger partial charge is 0.469 e. The minimum atomic E-state index is -0.203. The van der Waals surface area contributed by atoms with E-state index in [-0.39, 0.29) is 17.8 Å². The van der Waals surface area contributed by atoms with E-state index in [1.165, 1.54) is 7.11 Å². The van der Waals surface area contributed by atoms with Gasteiger partial charge in [0.2, 0.25) is 0 Å². The topological polar surface area (TPSA) is 62.1 Å². The van der Waals surface area contributed by atoms with Crippen molar-refractivity contribution >= 4 is 11.7 Å². The molecule has 1 unspecified atom stereocenters. The van der Waals surface area contributed by atoms with Gasteiger partial charge in [0.25, 0.3) is 0 Å². The predicted molar refractivity (Wildman–Crippen MR) is 70.0 cm³/mol. The minimum absolute atomic E-state index is 0.175. The highest BCUT2D eigenvalue weighted by Gasteiger charge is 2.22. The van der Waals surface area contributed by atoms with Crippen LogP contribution in [-0.2, 0) is 9.53 Å². The molecule has 0 aliphatic rings. The number of anilines is 1. The van der Waals surface area contributed by atoms with Crippen LogP contribution in [0.1, 0.15) is 19.4 Å². The van der Waals surface area contributed by atoms with Gasteiger partial charge in [0.05, 0.1) is 24.7 Å². The number of carbonyl (C=O) groups excluding carboxylic acids is 1. The average Bonchev–Trinajstić information content (AvgIpc) is 2.39. The third-order valence-corrected chi connectivity index (χ3v) is 2.85. The van der Waals surface area contributed by atoms with Crippen molar-refractivity contribution in [3.8, 4) is 6.07 Å². The minimum Gasteiger partial charge on any atom is -0.469 e. The molecule has 0 radical (unpaired) electrons. The maximum absolute atomic E-state index is 11.6. The van der Waals surface area contributed by atoms with Crippen molar-refractivity contribution in [3.05, 3.63) is 29.8 Å². The zero-order valence-electron chi connectivity index (χ0n) is 10.9. The number of benzene rings is 1. The number of nitriles is 1. The van der Waals surface area contributed by atoms with Gasteiger partial charge in [-0.05, 0) is 30.2 Å². The lowest BCUT2D eigenvalue weighted by Crippen LogP contribution is -2.28. The van der Waals surface area contributed by atoms with Gasteiger partial charge >= 0.3 is 5.97 Å². The number of nitrogens with zero attached hydrogens (tertiary/aromatic N) is 1. The molecule has 0 saturated heterocycles. The first-order valence-corrected chi connectivity index (χ1v) is 5.90. The number of ether oxygens (including phenoxy) is 1. The van der Waals surface area contributed by atoms with Crippen molar-refractivity contribution in [3.63, 3.8) is 0 Å². The van der Waals surface area contributed by atoms with Crippen LogP contribution in [0.15, 0.2) is 24.3 Å². The number of carbonyl (C=O) groups is 1. The highest BCUT2D eigenvalue weighted by atomic mass is 16.5. The molecule has 0 fully saturated rings. The van der Waals surface area contributed by atoms with Gasteiger partial charge in [-0.3, -0.25) is 4.79 Å². The van der Waals surface area contributed by atoms with Crippen LogP contribution >= 0.6 is 0 Å². The third-order valence-electron chi connectivity index (χ3n) is 2.85. The van der Waals surface area contributed by atoms with E-state index >= 15 is 0 Å². The Hall–Kier alpha value is -2.02. The number of hydrogen-bond donors (Lipinski definition) is 1. The number of nitrogens with one attached hydrogen (secondary N) is 1. The quantitative estimate of drug-likeness (QED) is 0.810. The van der Waals surface area contributed by atoms with E-state index in [1.807, 2.05) is 26.0 Å². The van der Waals surface area contributed by atoms with Crippen molar-refractivity contribution in [2.45, 2.75) is 13.8 Å². The van der Waals surface area contributed by atoms with Crippen LogP contribution in [-0.4, -0.2) is 19.6 Å². The Morgan fingerprint density at radius 3 is 2.44 bits per heavy atom. The normalized spacial score (nSPS) is 11.7. The molecule has 1 N–H and O–H groups in total. The highest BCUT2D eigenvalue weighted by Crippen LogP contribution is 2.15. The first-order chi connectivity index (χ1) is 8.58. The van der Waals surface area contributed by atoms with E-state index in [0.29, 0.717) is 12.1 Å². The Morgan fingerprint density at radius 2 is 2.00 bits per heavy atom. The molecular weight excluding hydrogens is 228 g/mol. The van der Waals surface area contributed by atoms with Gasteiger partial charge in [-0.1, -0.05) is 13.8 Å². The lowest BCUT2D eigenvalue weighted by atomic mass is 9.96. The van der Waals surface area contributed by atoms with Crippen molar-refractivity contribution in [1.29, 1.82) is 5.26 Å². The molecule has 0 amide bonds. The van der Waals surface area contributed by atoms with Crippen LogP contribution in [0.2, 0.25) is 0 Å². The van der Waals surface area contributed by atoms with Gasteiger partial charge in [0.1, 0.15) is 0 Å². The molecule has 1 atom stereocenters. The molecule has 1 aromatic rings. The first-order valence-electron chi connectivity index (χ1n) is 5.90. The van der Waals surface area contributed by atoms with Crippen LogP contribution in [0.3, 0.4) is 0 Å². The molecule has 4 nitrogen and oxygen atoms in total. The summed E-state index contributed by atoms with van der Waals surface area (Å²) in [6.45, 7) is 4.50. The molecule has 1 aromatic carbocycles.